The van der Waals surface area contributed by atoms with E-state index in [0.29, 0.717) is 29.9 Å². The number of hydrogen-bond acceptors (Lipinski definition) is 4. The predicted octanol–water partition coefficient (Wildman–Crippen LogP) is -0.282. The van der Waals surface area contributed by atoms with E-state index in [1.165, 1.54) is 0 Å². The molecule has 1 aromatic rings. The molecular weight excluding hydrogens is 222 g/mol. The van der Waals surface area contributed by atoms with Gasteiger partial charge in [0, 0.05) is 25.9 Å². The number of Topliss-reactive ketones (excluding diaryl/α,β-unsaturated/α-hetero) is 1. The minimum Gasteiger partial charge on any atom is -0.396 e. The summed E-state index contributed by atoms with van der Waals surface area (Å²) in [4.78, 5) is 23.4. The molecule has 0 fully saturated rings. The summed E-state index contributed by atoms with van der Waals surface area (Å²) in [6.45, 7) is 3.72. The van der Waals surface area contributed by atoms with Crippen LogP contribution < -0.4 is 5.32 Å². The van der Waals surface area contributed by atoms with Gasteiger partial charge in [-0.15, -0.1) is 0 Å². The molecule has 1 rings (SSSR count). The van der Waals surface area contributed by atoms with E-state index >= 15 is 0 Å². The largest absolute Gasteiger partial charge is 0.396 e. The van der Waals surface area contributed by atoms with Crippen LogP contribution >= 0.6 is 0 Å². The summed E-state index contributed by atoms with van der Waals surface area (Å²) < 4.78 is 1.57. The molecule has 0 spiro atoms. The molecule has 1 amide bonds. The van der Waals surface area contributed by atoms with Crippen molar-refractivity contribution in [3.63, 3.8) is 0 Å². The van der Waals surface area contributed by atoms with Crippen LogP contribution in [-0.4, -0.2) is 39.7 Å². The van der Waals surface area contributed by atoms with Crippen LogP contribution in [0.1, 0.15) is 28.2 Å². The lowest BCUT2D eigenvalue weighted by atomic mass is 10.1. The molecule has 0 unspecified atom stereocenters. The maximum absolute atomic E-state index is 11.9. The molecule has 0 radical (unpaired) electrons. The molecule has 94 valence electrons. The average molecular weight is 239 g/mol. The molecule has 6 nitrogen and oxygen atoms in total. The van der Waals surface area contributed by atoms with E-state index in [4.69, 9.17) is 5.11 Å². The third-order valence-electron chi connectivity index (χ3n) is 2.56. The van der Waals surface area contributed by atoms with Gasteiger partial charge in [0.2, 0.25) is 0 Å². The summed E-state index contributed by atoms with van der Waals surface area (Å²) >= 11 is 0. The highest BCUT2D eigenvalue weighted by atomic mass is 16.3. The number of rotatable bonds is 5. The fourth-order valence-electron chi connectivity index (χ4n) is 1.58. The van der Waals surface area contributed by atoms with Gasteiger partial charge in [0.25, 0.3) is 11.7 Å². The highest BCUT2D eigenvalue weighted by Crippen LogP contribution is 2.12. The molecule has 0 atom stereocenters. The fraction of sp³-hybridized carbons (Fsp3) is 0.545. The molecule has 17 heavy (non-hydrogen) atoms. The predicted molar refractivity (Wildman–Crippen MR) is 61.7 cm³/mol. The second-order valence-electron chi connectivity index (χ2n) is 3.83. The van der Waals surface area contributed by atoms with E-state index in [0.717, 1.165) is 0 Å². The maximum Gasteiger partial charge on any atom is 0.292 e. The molecule has 0 aliphatic rings. The molecule has 1 aromatic heterocycles. The van der Waals surface area contributed by atoms with Crippen molar-refractivity contribution in [2.45, 2.75) is 20.3 Å². The van der Waals surface area contributed by atoms with Crippen LogP contribution in [0.2, 0.25) is 0 Å². The van der Waals surface area contributed by atoms with Crippen LogP contribution in [0, 0.1) is 13.8 Å². The number of aryl methyl sites for hydroxylation is 2. The van der Waals surface area contributed by atoms with Gasteiger partial charge in [-0.25, -0.2) is 0 Å². The summed E-state index contributed by atoms with van der Waals surface area (Å²) in [6, 6.07) is 0. The Morgan fingerprint density at radius 1 is 1.41 bits per heavy atom. The molecule has 0 saturated carbocycles. The molecule has 0 aliphatic carbocycles. The van der Waals surface area contributed by atoms with Gasteiger partial charge >= 0.3 is 0 Å². The molecule has 0 saturated heterocycles. The van der Waals surface area contributed by atoms with Gasteiger partial charge in [0.05, 0.1) is 11.3 Å². The summed E-state index contributed by atoms with van der Waals surface area (Å²) in [5, 5.41) is 15.1. The Morgan fingerprint density at radius 3 is 2.53 bits per heavy atom. The van der Waals surface area contributed by atoms with Gasteiger partial charge in [-0.1, -0.05) is 0 Å². The zero-order chi connectivity index (χ0) is 13.0. The Balaban J connectivity index is 2.79. The van der Waals surface area contributed by atoms with Gasteiger partial charge < -0.3 is 10.4 Å². The van der Waals surface area contributed by atoms with Crippen molar-refractivity contribution in [3.8, 4) is 0 Å². The second-order valence-corrected chi connectivity index (χ2v) is 3.83. The van der Waals surface area contributed by atoms with Crippen molar-refractivity contribution in [1.82, 2.24) is 15.1 Å². The van der Waals surface area contributed by atoms with E-state index in [1.54, 1.807) is 25.6 Å². The average Bonchev–Trinajstić information content (AvgIpc) is 2.52. The lowest BCUT2D eigenvalue weighted by Crippen LogP contribution is -2.32. The quantitative estimate of drug-likeness (QED) is 0.420. The zero-order valence-electron chi connectivity index (χ0n) is 10.3. The highest BCUT2D eigenvalue weighted by Gasteiger charge is 2.23. The van der Waals surface area contributed by atoms with E-state index < -0.39 is 11.7 Å². The minimum atomic E-state index is -0.655. The van der Waals surface area contributed by atoms with Crippen molar-refractivity contribution in [3.05, 3.63) is 17.0 Å². The SMILES string of the molecule is Cc1nn(C)c(C)c1C(=O)C(=O)NCCCO. The molecule has 2 N–H and O–H groups in total. The Hall–Kier alpha value is -1.69. The summed E-state index contributed by atoms with van der Waals surface area (Å²) in [6.07, 6.45) is 0.435. The second kappa shape index (κ2) is 5.58. The highest BCUT2D eigenvalue weighted by molar-refractivity contribution is 6.43. The lowest BCUT2D eigenvalue weighted by molar-refractivity contribution is -0.117. The smallest absolute Gasteiger partial charge is 0.292 e. The normalized spacial score (nSPS) is 10.4. The third-order valence-corrected chi connectivity index (χ3v) is 2.56. The van der Waals surface area contributed by atoms with Crippen molar-refractivity contribution >= 4 is 11.7 Å². The van der Waals surface area contributed by atoms with E-state index in [9.17, 15) is 9.59 Å². The first-order valence-electron chi connectivity index (χ1n) is 5.42. The number of carbonyl (C=O) groups excluding carboxylic acids is 2. The third kappa shape index (κ3) is 2.91. The summed E-state index contributed by atoms with van der Waals surface area (Å²) in [7, 11) is 1.72. The topological polar surface area (TPSA) is 84.2 Å². The van der Waals surface area contributed by atoms with Crippen LogP contribution in [0.3, 0.4) is 0 Å². The number of amides is 1. The number of hydrogen-bond donors (Lipinski definition) is 2. The number of nitrogens with zero attached hydrogens (tertiary/aromatic N) is 2. The van der Waals surface area contributed by atoms with Crippen LogP contribution in [-0.2, 0) is 11.8 Å². The Bertz CT molecular complexity index is 437. The van der Waals surface area contributed by atoms with Gasteiger partial charge in [0.15, 0.2) is 0 Å². The molecule has 0 bridgehead atoms. The Kier molecular flexibility index (Phi) is 4.39. The first kappa shape index (κ1) is 13.4. The number of aliphatic hydroxyl groups is 1. The minimum absolute atomic E-state index is 0.0145. The van der Waals surface area contributed by atoms with Gasteiger partial charge in [-0.2, -0.15) is 5.10 Å². The van der Waals surface area contributed by atoms with Crippen molar-refractivity contribution in [2.75, 3.05) is 13.2 Å². The van der Waals surface area contributed by atoms with Crippen LogP contribution in [0.25, 0.3) is 0 Å². The Labute approximate surface area is 99.6 Å². The van der Waals surface area contributed by atoms with Crippen LogP contribution in [0.4, 0.5) is 0 Å². The standard InChI is InChI=1S/C11H17N3O3/c1-7-9(8(2)14(3)13-7)10(16)11(17)12-5-4-6-15/h15H,4-6H2,1-3H3,(H,12,17). The monoisotopic (exact) mass is 239 g/mol. The number of ketones is 1. The van der Waals surface area contributed by atoms with Crippen molar-refractivity contribution < 1.29 is 14.7 Å². The Morgan fingerprint density at radius 2 is 2.06 bits per heavy atom. The molecular formula is C11H17N3O3. The van der Waals surface area contributed by atoms with Crippen LogP contribution in [0.5, 0.6) is 0 Å². The number of carbonyl (C=O) groups is 2. The first-order valence-corrected chi connectivity index (χ1v) is 5.42. The summed E-state index contributed by atoms with van der Waals surface area (Å²) in [5.74, 6) is -1.23. The van der Waals surface area contributed by atoms with Gasteiger partial charge in [0.1, 0.15) is 0 Å². The van der Waals surface area contributed by atoms with Gasteiger partial charge in [-0.3, -0.25) is 14.3 Å². The van der Waals surface area contributed by atoms with Crippen molar-refractivity contribution in [1.29, 1.82) is 0 Å². The van der Waals surface area contributed by atoms with E-state index in [1.807, 2.05) is 0 Å². The van der Waals surface area contributed by atoms with E-state index in [2.05, 4.69) is 10.4 Å². The zero-order valence-corrected chi connectivity index (χ0v) is 10.3. The molecule has 0 aliphatic heterocycles. The molecule has 6 heteroatoms. The van der Waals surface area contributed by atoms with E-state index in [-0.39, 0.29) is 6.61 Å². The molecule has 0 aromatic carbocycles. The lowest BCUT2D eigenvalue weighted by Gasteiger charge is -2.03. The van der Waals surface area contributed by atoms with Crippen molar-refractivity contribution in [2.24, 2.45) is 7.05 Å². The van der Waals surface area contributed by atoms with Crippen LogP contribution in [0.15, 0.2) is 0 Å². The molecule has 1 heterocycles. The number of nitrogens with one attached hydrogen (secondary N) is 1. The first-order chi connectivity index (χ1) is 7.99. The van der Waals surface area contributed by atoms with Gasteiger partial charge in [-0.05, 0) is 20.3 Å². The summed E-state index contributed by atoms with van der Waals surface area (Å²) in [5.41, 5.74) is 1.58. The number of aliphatic hydroxyl groups excluding tert-OH is 1. The fourth-order valence-corrected chi connectivity index (χ4v) is 1.58. The number of aromatic nitrogens is 2. The maximum atomic E-state index is 11.9.